The fourth-order valence-electron chi connectivity index (χ4n) is 1.49. The van der Waals surface area contributed by atoms with E-state index < -0.39 is 66.6 Å². The maximum atomic E-state index is 13.9. The van der Waals surface area contributed by atoms with E-state index in [1.807, 2.05) is 0 Å². The second-order valence-electron chi connectivity index (χ2n) is 5.91. The Morgan fingerprint density at radius 2 is 0.649 bits per heavy atom. The summed E-state index contributed by atoms with van der Waals surface area (Å²) in [5.41, 5.74) is 0. The van der Waals surface area contributed by atoms with Gasteiger partial charge in [-0.2, -0.15) is 96.6 Å². The van der Waals surface area contributed by atoms with Crippen LogP contribution in [0.15, 0.2) is 0 Å². The third-order valence-electron chi connectivity index (χ3n) is 3.23. The number of halogens is 22. The zero-order valence-electron chi connectivity index (χ0n) is 15.4. The van der Waals surface area contributed by atoms with Crippen LogP contribution in [0, 0.1) is 0 Å². The van der Waals surface area contributed by atoms with Crippen molar-refractivity contribution in [2.75, 3.05) is 0 Å². The SMILES string of the molecule is O=C(F)C(F)(OC(F)(F)C(F)(OC(F)(F)C(F)(OC(F)(F)C(F)(F)F)C(F)(F)F)C(F)(F)F)C(F)(F)F. The summed E-state index contributed by atoms with van der Waals surface area (Å²) in [5.74, 6) is -24.5. The Morgan fingerprint density at radius 3 is 0.865 bits per heavy atom. The molecule has 0 aliphatic rings. The minimum absolute atomic E-state index is 1.05. The van der Waals surface area contributed by atoms with Crippen molar-refractivity contribution >= 4 is 6.04 Å². The maximum Gasteiger partial charge on any atom is 0.483 e. The number of carbonyl (C=O) groups excluding carboxylic acids is 1. The number of carbonyl (C=O) groups is 1. The molecule has 0 fully saturated rings. The molecule has 0 saturated heterocycles. The van der Waals surface area contributed by atoms with Crippen LogP contribution < -0.4 is 0 Å². The number of hydrogen-bond acceptors (Lipinski definition) is 4. The minimum atomic E-state index is -8.58. The topological polar surface area (TPSA) is 44.8 Å². The molecule has 0 aromatic rings. The van der Waals surface area contributed by atoms with Gasteiger partial charge in [-0.3, -0.25) is 19.0 Å². The minimum Gasteiger partial charge on any atom is -0.263 e. The largest absolute Gasteiger partial charge is 0.483 e. The molecule has 0 saturated carbocycles. The van der Waals surface area contributed by atoms with Crippen LogP contribution in [-0.2, 0) is 19.0 Å². The molecule has 222 valence electrons. The van der Waals surface area contributed by atoms with Crippen molar-refractivity contribution in [3.05, 3.63) is 0 Å². The lowest BCUT2D eigenvalue weighted by Gasteiger charge is -2.41. The number of hydrogen-bond donors (Lipinski definition) is 0. The van der Waals surface area contributed by atoms with Gasteiger partial charge in [0.15, 0.2) is 0 Å². The highest BCUT2D eigenvalue weighted by atomic mass is 19.4. The summed E-state index contributed by atoms with van der Waals surface area (Å²) in [7, 11) is 0. The molecule has 0 aromatic carbocycles. The fourth-order valence-corrected chi connectivity index (χ4v) is 1.49. The zero-order valence-corrected chi connectivity index (χ0v) is 15.4. The number of alkyl halides is 21. The first-order chi connectivity index (χ1) is 15.6. The molecule has 0 bridgehead atoms. The van der Waals surface area contributed by atoms with Crippen LogP contribution in [0.25, 0.3) is 0 Å². The average Bonchev–Trinajstić information content (AvgIpc) is 2.55. The Labute approximate surface area is 184 Å². The molecule has 26 heteroatoms. The molecule has 4 nitrogen and oxygen atoms in total. The van der Waals surface area contributed by atoms with Crippen LogP contribution in [0.4, 0.5) is 96.6 Å². The molecule has 0 aliphatic carbocycles. The highest BCUT2D eigenvalue weighted by Gasteiger charge is 2.87. The monoisotopic (exact) mass is 614 g/mol. The van der Waals surface area contributed by atoms with Crippen molar-refractivity contribution in [1.82, 2.24) is 0 Å². The first-order valence-corrected chi connectivity index (χ1v) is 7.34. The van der Waals surface area contributed by atoms with E-state index in [0.717, 1.165) is 9.47 Å². The van der Waals surface area contributed by atoms with Crippen LogP contribution >= 0.6 is 0 Å². The smallest absolute Gasteiger partial charge is 0.263 e. The molecule has 0 aromatic heterocycles. The summed E-state index contributed by atoms with van der Waals surface area (Å²) in [6.45, 7) is 0. The van der Waals surface area contributed by atoms with E-state index in [9.17, 15) is 101 Å². The lowest BCUT2D eigenvalue weighted by atomic mass is 10.2. The van der Waals surface area contributed by atoms with Gasteiger partial charge in [0.05, 0.1) is 0 Å². The summed E-state index contributed by atoms with van der Waals surface area (Å²) in [6, 6.07) is -4.96. The highest BCUT2D eigenvalue weighted by molar-refractivity contribution is 5.77. The van der Waals surface area contributed by atoms with Crippen LogP contribution in [-0.4, -0.2) is 66.6 Å². The summed E-state index contributed by atoms with van der Waals surface area (Å²) >= 11 is 0. The molecule has 0 heterocycles. The molecule has 0 spiro atoms. The van der Waals surface area contributed by atoms with Crippen LogP contribution in [0.2, 0.25) is 0 Å². The van der Waals surface area contributed by atoms with E-state index in [0.29, 0.717) is 0 Å². The summed E-state index contributed by atoms with van der Waals surface area (Å²) in [5, 5.41) is 0. The van der Waals surface area contributed by atoms with Crippen LogP contribution in [0.3, 0.4) is 0 Å². The molecular weight excluding hydrogens is 614 g/mol. The van der Waals surface area contributed by atoms with E-state index in [2.05, 4.69) is 0 Å². The van der Waals surface area contributed by atoms with Gasteiger partial charge in [0.1, 0.15) is 0 Å². The van der Waals surface area contributed by atoms with Crippen molar-refractivity contribution in [3.63, 3.8) is 0 Å². The normalized spacial score (nSPS) is 20.2. The van der Waals surface area contributed by atoms with E-state index in [4.69, 9.17) is 0 Å². The first-order valence-electron chi connectivity index (χ1n) is 7.34. The van der Waals surface area contributed by atoms with E-state index in [1.54, 1.807) is 0 Å². The first kappa shape index (κ1) is 35.0. The maximum absolute atomic E-state index is 13.9. The molecule has 0 radical (unpaired) electrons. The Bertz CT molecular complexity index is 838. The van der Waals surface area contributed by atoms with Gasteiger partial charge < -0.3 is 0 Å². The Balaban J connectivity index is 7.10. The average molecular weight is 614 g/mol. The van der Waals surface area contributed by atoms with Crippen molar-refractivity contribution < 1.29 is 116 Å². The van der Waals surface area contributed by atoms with Crippen molar-refractivity contribution in [2.45, 2.75) is 60.6 Å². The molecule has 3 atom stereocenters. The van der Waals surface area contributed by atoms with Gasteiger partial charge in [0.25, 0.3) is 0 Å². The zero-order chi connectivity index (χ0) is 30.7. The summed E-state index contributed by atoms with van der Waals surface area (Å²) < 4.78 is 284. The van der Waals surface area contributed by atoms with Crippen molar-refractivity contribution in [3.8, 4) is 0 Å². The molecule has 0 aliphatic heterocycles. The van der Waals surface area contributed by atoms with Crippen molar-refractivity contribution in [1.29, 1.82) is 0 Å². The second kappa shape index (κ2) is 9.04. The molecule has 37 heavy (non-hydrogen) atoms. The quantitative estimate of drug-likeness (QED) is 0.218. The fraction of sp³-hybridized carbons (Fsp3) is 0.909. The molecular formula is C11F22O4. The third kappa shape index (κ3) is 6.03. The molecule has 0 rings (SSSR count). The molecule has 0 N–H and O–H groups in total. The lowest BCUT2D eigenvalue weighted by Crippen LogP contribution is -2.70. The Morgan fingerprint density at radius 1 is 0.378 bits per heavy atom. The van der Waals surface area contributed by atoms with E-state index >= 15 is 0 Å². The van der Waals surface area contributed by atoms with Gasteiger partial charge in [-0.25, -0.2) is 0 Å². The van der Waals surface area contributed by atoms with E-state index in [1.165, 1.54) is 4.74 Å². The highest BCUT2D eigenvalue weighted by Crippen LogP contribution is 2.58. The summed E-state index contributed by atoms with van der Waals surface area (Å²) in [4.78, 5) is 9.96. The van der Waals surface area contributed by atoms with Gasteiger partial charge in [-0.1, -0.05) is 0 Å². The summed E-state index contributed by atoms with van der Waals surface area (Å²) in [6.07, 6.45) is -56.6. The van der Waals surface area contributed by atoms with Gasteiger partial charge in [0, 0.05) is 0 Å². The van der Waals surface area contributed by atoms with Crippen LogP contribution in [0.5, 0.6) is 0 Å². The lowest BCUT2D eigenvalue weighted by molar-refractivity contribution is -0.576. The predicted octanol–water partition coefficient (Wildman–Crippen LogP) is 6.56. The Kier molecular flexibility index (Phi) is 8.56. The standard InChI is InChI=1S/C11F22O4/c12-1(34)2(13,5(16,17)18)35-9(28,29)3(14,6(19,20)21)36-10(30,31)4(15,7(22,23)24)37-11(32,33)8(25,26)27. The van der Waals surface area contributed by atoms with Gasteiger partial charge in [-0.15, -0.1) is 0 Å². The number of ether oxygens (including phenoxy) is 3. The molecule has 0 amide bonds. The van der Waals surface area contributed by atoms with E-state index in [-0.39, 0.29) is 0 Å². The van der Waals surface area contributed by atoms with Gasteiger partial charge in [0.2, 0.25) is 0 Å². The van der Waals surface area contributed by atoms with Gasteiger partial charge in [-0.05, 0) is 0 Å². The van der Waals surface area contributed by atoms with Crippen LogP contribution in [0.1, 0.15) is 0 Å². The van der Waals surface area contributed by atoms with Gasteiger partial charge >= 0.3 is 66.6 Å². The predicted molar refractivity (Wildman–Crippen MR) is 59.9 cm³/mol. The van der Waals surface area contributed by atoms with Crippen molar-refractivity contribution in [2.24, 2.45) is 0 Å². The molecule has 3 unspecified atom stereocenters. The Hall–Kier alpha value is -1.99. The third-order valence-corrected chi connectivity index (χ3v) is 3.23. The second-order valence-corrected chi connectivity index (χ2v) is 5.91. The number of rotatable bonds is 9.